The van der Waals surface area contributed by atoms with E-state index < -0.39 is 6.36 Å². The van der Waals surface area contributed by atoms with Crippen LogP contribution >= 0.6 is 0 Å². The number of alkyl halides is 3. The highest BCUT2D eigenvalue weighted by molar-refractivity contribution is 5.85. The summed E-state index contributed by atoms with van der Waals surface area (Å²) in [4.78, 5) is 18.7. The maximum Gasteiger partial charge on any atom is 0.573 e. The Kier molecular flexibility index (Phi) is 8.18. The van der Waals surface area contributed by atoms with Gasteiger partial charge in [-0.05, 0) is 63.6 Å². The fourth-order valence-electron chi connectivity index (χ4n) is 5.69. The van der Waals surface area contributed by atoms with Crippen LogP contribution in [0.25, 0.3) is 22.1 Å². The Morgan fingerprint density at radius 2 is 2.00 bits per heavy atom. The molecule has 1 fully saturated rings. The Morgan fingerprint density at radius 1 is 1.20 bits per heavy atom. The first-order chi connectivity index (χ1) is 19.1. The van der Waals surface area contributed by atoms with E-state index in [-0.39, 0.29) is 11.9 Å². The van der Waals surface area contributed by atoms with E-state index >= 15 is 0 Å². The van der Waals surface area contributed by atoms with Gasteiger partial charge >= 0.3 is 6.36 Å². The van der Waals surface area contributed by atoms with Crippen LogP contribution in [-0.2, 0) is 17.7 Å². The molecule has 0 saturated heterocycles. The summed E-state index contributed by atoms with van der Waals surface area (Å²) in [7, 11) is 1.77. The Labute approximate surface area is 230 Å². The minimum Gasteiger partial charge on any atom is -0.406 e. The molecular formula is C28H36F3N7O2. The van der Waals surface area contributed by atoms with Crippen molar-refractivity contribution in [1.82, 2.24) is 29.4 Å². The number of hydrogen-bond acceptors (Lipinski definition) is 7. The van der Waals surface area contributed by atoms with Crippen molar-refractivity contribution in [3.8, 4) is 5.75 Å². The molecule has 3 aromatic heterocycles. The summed E-state index contributed by atoms with van der Waals surface area (Å²) in [5, 5.41) is 0.864. The quantitative estimate of drug-likeness (QED) is 0.242. The number of nitrogen functional groups attached to an aromatic ring is 1. The fourth-order valence-corrected chi connectivity index (χ4v) is 5.69. The molecule has 1 atom stereocenters. The van der Waals surface area contributed by atoms with Gasteiger partial charge in [0.1, 0.15) is 29.4 Å². The van der Waals surface area contributed by atoms with Crippen LogP contribution < -0.4 is 10.5 Å². The van der Waals surface area contributed by atoms with Crippen molar-refractivity contribution < 1.29 is 22.6 Å². The molecule has 1 aliphatic carbocycles. The van der Waals surface area contributed by atoms with E-state index in [4.69, 9.17) is 10.5 Å². The number of nitrogens with zero attached hydrogens (tertiary/aromatic N) is 5. The van der Waals surface area contributed by atoms with E-state index in [9.17, 15) is 13.2 Å². The van der Waals surface area contributed by atoms with Crippen LogP contribution in [0, 0.1) is 5.92 Å². The van der Waals surface area contributed by atoms with Crippen molar-refractivity contribution >= 4 is 27.9 Å². The molecule has 40 heavy (non-hydrogen) atoms. The summed E-state index contributed by atoms with van der Waals surface area (Å²) >= 11 is 0. The Balaban J connectivity index is 1.11. The zero-order chi connectivity index (χ0) is 28.4. The standard InChI is InChI=1S/C28H36F3N7O2/c1-17(2)38(15-21(39-3)8-10-37-11-9-22-26(32)33-16-34-27(22)37)19-12-18(13-19)4-7-25-35-23-6-5-20(14-24(23)36-25)40-28(29,30)31/h5-6,9,11,14,16-19,21H,4,7-8,10,12-13,15H2,1-3H3,(H,35,36)(H2,32,33,34). The number of hydrogen-bond donors (Lipinski definition) is 2. The number of aromatic amines is 1. The molecule has 216 valence electrons. The number of aryl methyl sites for hydroxylation is 2. The van der Waals surface area contributed by atoms with E-state index in [1.165, 1.54) is 18.5 Å². The second-order valence-electron chi connectivity index (χ2n) is 10.9. The molecule has 1 aromatic carbocycles. The summed E-state index contributed by atoms with van der Waals surface area (Å²) in [5.41, 5.74) is 7.99. The van der Waals surface area contributed by atoms with Crippen molar-refractivity contribution in [2.45, 2.75) is 77.0 Å². The maximum absolute atomic E-state index is 12.5. The summed E-state index contributed by atoms with van der Waals surface area (Å²) in [5.74, 6) is 1.61. The van der Waals surface area contributed by atoms with Crippen LogP contribution in [0.5, 0.6) is 5.75 Å². The molecule has 4 aromatic rings. The van der Waals surface area contributed by atoms with Crippen molar-refractivity contribution in [3.63, 3.8) is 0 Å². The van der Waals surface area contributed by atoms with Gasteiger partial charge in [-0.25, -0.2) is 15.0 Å². The average molecular weight is 560 g/mol. The average Bonchev–Trinajstić information content (AvgIpc) is 3.47. The van der Waals surface area contributed by atoms with Crippen LogP contribution in [0.3, 0.4) is 0 Å². The molecule has 0 aliphatic heterocycles. The molecular weight excluding hydrogens is 523 g/mol. The molecule has 0 amide bonds. The van der Waals surface area contributed by atoms with E-state index in [0.717, 1.165) is 62.1 Å². The van der Waals surface area contributed by atoms with Gasteiger partial charge in [-0.3, -0.25) is 4.90 Å². The lowest BCUT2D eigenvalue weighted by molar-refractivity contribution is -0.274. The van der Waals surface area contributed by atoms with Crippen LogP contribution in [0.1, 0.15) is 45.4 Å². The maximum atomic E-state index is 12.5. The van der Waals surface area contributed by atoms with Gasteiger partial charge in [0.2, 0.25) is 0 Å². The topological polar surface area (TPSA) is 107 Å². The monoisotopic (exact) mass is 559 g/mol. The zero-order valence-corrected chi connectivity index (χ0v) is 23.0. The summed E-state index contributed by atoms with van der Waals surface area (Å²) < 4.78 is 49.6. The van der Waals surface area contributed by atoms with Crippen LogP contribution in [-0.4, -0.2) is 67.6 Å². The molecule has 0 radical (unpaired) electrons. The van der Waals surface area contributed by atoms with E-state index in [0.29, 0.717) is 34.9 Å². The van der Waals surface area contributed by atoms with Crippen LogP contribution in [0.15, 0.2) is 36.8 Å². The number of aromatic nitrogens is 5. The number of anilines is 1. The fraction of sp³-hybridized carbons (Fsp3) is 0.536. The highest BCUT2D eigenvalue weighted by Gasteiger charge is 2.35. The van der Waals surface area contributed by atoms with Crippen LogP contribution in [0.4, 0.5) is 19.0 Å². The van der Waals surface area contributed by atoms with Gasteiger partial charge in [-0.15, -0.1) is 13.2 Å². The third-order valence-electron chi connectivity index (χ3n) is 7.90. The lowest BCUT2D eigenvalue weighted by Gasteiger charge is -2.46. The Bertz CT molecular complexity index is 1430. The predicted octanol–water partition coefficient (Wildman–Crippen LogP) is 5.32. The highest BCUT2D eigenvalue weighted by Crippen LogP contribution is 2.36. The van der Waals surface area contributed by atoms with Gasteiger partial charge in [-0.2, -0.15) is 0 Å². The molecule has 3 heterocycles. The molecule has 1 unspecified atom stereocenters. The summed E-state index contributed by atoms with van der Waals surface area (Å²) in [6.45, 7) is 6.08. The van der Waals surface area contributed by atoms with Gasteiger partial charge in [0.05, 0.1) is 22.5 Å². The largest absolute Gasteiger partial charge is 0.573 e. The Morgan fingerprint density at radius 3 is 2.73 bits per heavy atom. The molecule has 1 aliphatic rings. The zero-order valence-electron chi connectivity index (χ0n) is 23.0. The van der Waals surface area contributed by atoms with Crippen molar-refractivity contribution in [3.05, 3.63) is 42.6 Å². The molecule has 9 nitrogen and oxygen atoms in total. The van der Waals surface area contributed by atoms with Crippen molar-refractivity contribution in [2.24, 2.45) is 5.92 Å². The molecule has 1 saturated carbocycles. The number of nitrogens with two attached hydrogens (primary N) is 1. The SMILES string of the molecule is COC(CCn1ccc2c(N)ncnc21)CN(C(C)C)C1CC(CCc2nc3ccc(OC(F)(F)F)cc3[nH]2)C1. The van der Waals surface area contributed by atoms with Gasteiger partial charge in [0, 0.05) is 51.0 Å². The number of methoxy groups -OCH3 is 1. The number of rotatable bonds is 12. The summed E-state index contributed by atoms with van der Waals surface area (Å²) in [6.07, 6.45) is 3.66. The van der Waals surface area contributed by atoms with Crippen LogP contribution in [0.2, 0.25) is 0 Å². The second kappa shape index (κ2) is 11.6. The van der Waals surface area contributed by atoms with Gasteiger partial charge in [0.15, 0.2) is 0 Å². The number of ether oxygens (including phenoxy) is 2. The third-order valence-corrected chi connectivity index (χ3v) is 7.90. The first-order valence-corrected chi connectivity index (χ1v) is 13.7. The summed E-state index contributed by atoms with van der Waals surface area (Å²) in [6, 6.07) is 7.02. The number of fused-ring (bicyclic) bond motifs is 2. The number of imidazole rings is 1. The lowest BCUT2D eigenvalue weighted by Crippen LogP contribution is -2.51. The normalized spacial score (nSPS) is 18.6. The number of nitrogens with one attached hydrogen (secondary N) is 1. The van der Waals surface area contributed by atoms with Crippen molar-refractivity contribution in [1.29, 1.82) is 0 Å². The van der Waals surface area contributed by atoms with E-state index in [2.05, 4.69) is 48.0 Å². The van der Waals surface area contributed by atoms with Crippen molar-refractivity contribution in [2.75, 3.05) is 19.4 Å². The molecule has 12 heteroatoms. The van der Waals surface area contributed by atoms with Gasteiger partial charge in [-0.1, -0.05) is 0 Å². The predicted molar refractivity (Wildman–Crippen MR) is 147 cm³/mol. The second-order valence-corrected chi connectivity index (χ2v) is 10.9. The number of benzene rings is 1. The Hall–Kier alpha value is -3.38. The van der Waals surface area contributed by atoms with Gasteiger partial charge < -0.3 is 24.8 Å². The molecule has 0 bridgehead atoms. The number of H-pyrrole nitrogens is 1. The minimum absolute atomic E-state index is 0.0832. The molecule has 0 spiro atoms. The lowest BCUT2D eigenvalue weighted by atomic mass is 9.76. The van der Waals surface area contributed by atoms with E-state index in [1.54, 1.807) is 13.2 Å². The first kappa shape index (κ1) is 28.2. The smallest absolute Gasteiger partial charge is 0.406 e. The highest BCUT2D eigenvalue weighted by atomic mass is 19.4. The number of halogens is 3. The van der Waals surface area contributed by atoms with Gasteiger partial charge in [0.25, 0.3) is 0 Å². The molecule has 5 rings (SSSR count). The molecule has 3 N–H and O–H groups in total. The third kappa shape index (κ3) is 6.49. The van der Waals surface area contributed by atoms with E-state index in [1.807, 2.05) is 12.3 Å². The first-order valence-electron chi connectivity index (χ1n) is 13.7. The minimum atomic E-state index is -4.72.